The molecule has 3 heteroatoms. The van der Waals surface area contributed by atoms with Crippen molar-refractivity contribution in [1.82, 2.24) is 0 Å². The zero-order chi connectivity index (χ0) is 26.9. The van der Waals surface area contributed by atoms with E-state index in [4.69, 9.17) is 4.42 Å². The molecular formula is C37H29OP2+. The van der Waals surface area contributed by atoms with Crippen molar-refractivity contribution in [3.8, 4) is 0 Å². The van der Waals surface area contributed by atoms with Gasteiger partial charge in [-0.15, -0.1) is 0 Å². The zero-order valence-corrected chi connectivity index (χ0v) is 24.1. The number of para-hydroxylation sites is 2. The number of hydrogen-bond donors (Lipinski definition) is 0. The van der Waals surface area contributed by atoms with Gasteiger partial charge in [0.15, 0.2) is 5.58 Å². The van der Waals surface area contributed by atoms with E-state index in [1.807, 2.05) is 0 Å². The Morgan fingerprint density at radius 2 is 0.900 bits per heavy atom. The van der Waals surface area contributed by atoms with Gasteiger partial charge in [-0.25, -0.2) is 0 Å². The van der Waals surface area contributed by atoms with Crippen LogP contribution in [0.2, 0.25) is 0 Å². The molecule has 7 rings (SSSR count). The van der Waals surface area contributed by atoms with Crippen LogP contribution in [0.1, 0.15) is 0 Å². The molecule has 0 aliphatic carbocycles. The van der Waals surface area contributed by atoms with E-state index in [2.05, 4.69) is 164 Å². The first kappa shape index (κ1) is 25.0. The fraction of sp³-hybridized carbons (Fsp3) is 0.0270. The average Bonchev–Trinajstić information content (AvgIpc) is 3.42. The predicted octanol–water partition coefficient (Wildman–Crippen LogP) is 7.27. The van der Waals surface area contributed by atoms with Gasteiger partial charge in [-0.2, -0.15) is 0 Å². The van der Waals surface area contributed by atoms with Gasteiger partial charge in [-0.3, -0.25) is 0 Å². The van der Waals surface area contributed by atoms with Gasteiger partial charge >= 0.3 is 0 Å². The molecule has 7 aromatic rings. The third-order valence-electron chi connectivity index (χ3n) is 7.78. The Morgan fingerprint density at radius 3 is 1.43 bits per heavy atom. The quantitative estimate of drug-likeness (QED) is 0.198. The maximum atomic E-state index is 7.07. The second-order valence-electron chi connectivity index (χ2n) is 10.1. The Bertz CT molecular complexity index is 1820. The van der Waals surface area contributed by atoms with Crippen molar-refractivity contribution in [1.29, 1.82) is 0 Å². The van der Waals surface area contributed by atoms with Gasteiger partial charge < -0.3 is 4.42 Å². The Labute approximate surface area is 237 Å². The minimum atomic E-state index is -1.97. The summed E-state index contributed by atoms with van der Waals surface area (Å²) >= 11 is 0. The molecule has 6 aromatic carbocycles. The van der Waals surface area contributed by atoms with Crippen molar-refractivity contribution >= 4 is 68.9 Å². The van der Waals surface area contributed by atoms with Gasteiger partial charge in [-0.1, -0.05) is 127 Å². The van der Waals surface area contributed by atoms with Crippen LogP contribution in [0, 0.1) is 0 Å². The average molecular weight is 552 g/mol. The molecule has 40 heavy (non-hydrogen) atoms. The lowest BCUT2D eigenvalue weighted by atomic mass is 10.1. The largest absolute Gasteiger partial charge is 0.451 e. The molecular weight excluding hydrogens is 522 g/mol. The third-order valence-corrected chi connectivity index (χ3v) is 14.2. The summed E-state index contributed by atoms with van der Waals surface area (Å²) in [5, 5.41) is 10.3. The molecule has 0 N–H and O–H groups in total. The van der Waals surface area contributed by atoms with Gasteiger partial charge in [0.25, 0.3) is 0 Å². The molecule has 192 valence electrons. The minimum Gasteiger partial charge on any atom is -0.451 e. The molecule has 0 radical (unpaired) electrons. The number of benzene rings is 6. The van der Waals surface area contributed by atoms with Crippen LogP contribution in [0.25, 0.3) is 21.9 Å². The molecule has 1 aromatic heterocycles. The summed E-state index contributed by atoms with van der Waals surface area (Å²) in [6, 6.07) is 57.0. The third kappa shape index (κ3) is 4.18. The van der Waals surface area contributed by atoms with Crippen LogP contribution in [-0.2, 0) is 0 Å². The Morgan fingerprint density at radius 1 is 0.450 bits per heavy atom. The highest BCUT2D eigenvalue weighted by Crippen LogP contribution is 2.53. The molecule has 0 bridgehead atoms. The van der Waals surface area contributed by atoms with Crippen LogP contribution in [0.4, 0.5) is 0 Å². The van der Waals surface area contributed by atoms with E-state index in [0.29, 0.717) is 0 Å². The molecule has 0 saturated heterocycles. The summed E-state index contributed by atoms with van der Waals surface area (Å²) in [5.74, 6) is 0. The van der Waals surface area contributed by atoms with Crippen molar-refractivity contribution in [2.24, 2.45) is 0 Å². The van der Waals surface area contributed by atoms with Crippen LogP contribution < -0.4 is 31.8 Å². The van der Waals surface area contributed by atoms with Crippen molar-refractivity contribution in [2.45, 2.75) is 0 Å². The van der Waals surface area contributed by atoms with E-state index in [9.17, 15) is 0 Å². The van der Waals surface area contributed by atoms with Gasteiger partial charge in [0, 0.05) is 16.1 Å². The lowest BCUT2D eigenvalue weighted by Gasteiger charge is -2.23. The molecule has 0 aliphatic heterocycles. The van der Waals surface area contributed by atoms with Crippen LogP contribution in [0.5, 0.6) is 0 Å². The van der Waals surface area contributed by atoms with Crippen LogP contribution in [0.15, 0.2) is 162 Å². The lowest BCUT2D eigenvalue weighted by molar-refractivity contribution is 0.674. The topological polar surface area (TPSA) is 13.1 Å². The van der Waals surface area contributed by atoms with Gasteiger partial charge in [0.05, 0.1) is 6.66 Å². The number of fused-ring (bicyclic) bond motifs is 3. The fourth-order valence-corrected chi connectivity index (χ4v) is 11.5. The van der Waals surface area contributed by atoms with E-state index in [-0.39, 0.29) is 0 Å². The Balaban J connectivity index is 1.52. The van der Waals surface area contributed by atoms with Crippen molar-refractivity contribution in [3.05, 3.63) is 158 Å². The summed E-state index contributed by atoms with van der Waals surface area (Å²) in [4.78, 5) is 0. The predicted molar refractivity (Wildman–Crippen MR) is 177 cm³/mol. The summed E-state index contributed by atoms with van der Waals surface area (Å²) in [5.41, 5.74) is 2.00. The SMILES string of the molecule is C[P+](c1ccccc1)(c1ccccc1)c1cccc2c1oc1c(P(c3ccccc3)c3ccccc3)cccc12. The summed E-state index contributed by atoms with van der Waals surface area (Å²) in [6.45, 7) is 2.43. The summed E-state index contributed by atoms with van der Waals surface area (Å²) < 4.78 is 7.07. The van der Waals surface area contributed by atoms with Crippen LogP contribution in [-0.4, -0.2) is 6.66 Å². The molecule has 0 saturated carbocycles. The normalized spacial score (nSPS) is 11.8. The second kappa shape index (κ2) is 10.5. The molecule has 0 fully saturated rings. The first-order valence-electron chi connectivity index (χ1n) is 13.6. The number of hydrogen-bond acceptors (Lipinski definition) is 1. The van der Waals surface area contributed by atoms with Crippen LogP contribution in [0.3, 0.4) is 0 Å². The summed E-state index contributed by atoms with van der Waals surface area (Å²) in [7, 11) is -2.76. The monoisotopic (exact) mass is 551 g/mol. The van der Waals surface area contributed by atoms with E-state index in [0.717, 1.165) is 11.2 Å². The minimum absolute atomic E-state index is 0.793. The van der Waals surface area contributed by atoms with Crippen LogP contribution >= 0.6 is 15.2 Å². The van der Waals surface area contributed by atoms with Gasteiger partial charge in [-0.05, 0) is 48.9 Å². The first-order chi connectivity index (χ1) is 19.7. The first-order valence-corrected chi connectivity index (χ1v) is 17.2. The zero-order valence-electron chi connectivity index (χ0n) is 22.3. The van der Waals surface area contributed by atoms with Crippen molar-refractivity contribution < 1.29 is 4.42 Å². The van der Waals surface area contributed by atoms with E-state index in [1.54, 1.807) is 0 Å². The number of furan rings is 1. The van der Waals surface area contributed by atoms with E-state index < -0.39 is 15.2 Å². The molecule has 0 amide bonds. The second-order valence-corrected chi connectivity index (χ2v) is 15.8. The molecule has 0 atom stereocenters. The van der Waals surface area contributed by atoms with Crippen molar-refractivity contribution in [3.63, 3.8) is 0 Å². The highest BCUT2D eigenvalue weighted by atomic mass is 31.2. The molecule has 0 unspecified atom stereocenters. The molecule has 1 nitrogen and oxygen atoms in total. The highest BCUT2D eigenvalue weighted by Gasteiger charge is 2.43. The van der Waals surface area contributed by atoms with Gasteiger partial charge in [0.2, 0.25) is 0 Å². The molecule has 0 aliphatic rings. The molecule has 1 heterocycles. The maximum absolute atomic E-state index is 7.07. The molecule has 0 spiro atoms. The Hall–Kier alpha value is -4.02. The number of rotatable bonds is 6. The van der Waals surface area contributed by atoms with E-state index >= 15 is 0 Å². The Kier molecular flexibility index (Phi) is 6.57. The van der Waals surface area contributed by atoms with E-state index in [1.165, 1.54) is 42.6 Å². The fourth-order valence-electron chi connectivity index (χ4n) is 5.78. The maximum Gasteiger partial charge on any atom is 0.178 e. The summed E-state index contributed by atoms with van der Waals surface area (Å²) in [6.07, 6.45) is 0. The highest BCUT2D eigenvalue weighted by molar-refractivity contribution is 7.95. The lowest BCUT2D eigenvalue weighted by Crippen LogP contribution is -2.30. The van der Waals surface area contributed by atoms with Gasteiger partial charge in [0.1, 0.15) is 28.8 Å². The smallest absolute Gasteiger partial charge is 0.178 e. The van der Waals surface area contributed by atoms with Crippen molar-refractivity contribution in [2.75, 3.05) is 6.66 Å². The standard InChI is InChI=1S/C37H29OP2/c1-40(30-20-10-4-11-21-30,31-22-12-5-13-23-31)35-27-15-25-33-32-24-14-26-34(36(32)38-37(33)35)39(28-16-6-2-7-17-28)29-18-8-3-9-19-29/h2-27H,1H3/q+1.